The van der Waals surface area contributed by atoms with Crippen molar-refractivity contribution >= 4 is 17.5 Å². The lowest BCUT2D eigenvalue weighted by molar-refractivity contribution is 0.0939. The van der Waals surface area contributed by atoms with Crippen LogP contribution in [0, 0.1) is 6.92 Å². The molecule has 0 aliphatic carbocycles. The van der Waals surface area contributed by atoms with Crippen LogP contribution in [0.2, 0.25) is 5.15 Å². The Balaban J connectivity index is 2.18. The minimum absolute atomic E-state index is 0.180. The van der Waals surface area contributed by atoms with Crippen molar-refractivity contribution in [2.45, 2.75) is 19.9 Å². The van der Waals surface area contributed by atoms with Gasteiger partial charge in [0.1, 0.15) is 10.9 Å². The summed E-state index contributed by atoms with van der Waals surface area (Å²) in [5, 5.41) is 3.25. The van der Waals surface area contributed by atoms with Crippen LogP contribution >= 0.6 is 11.6 Å². The highest BCUT2D eigenvalue weighted by Crippen LogP contribution is 2.24. The number of rotatable bonds is 4. The molecule has 0 saturated heterocycles. The van der Waals surface area contributed by atoms with Crippen molar-refractivity contribution in [3.05, 3.63) is 58.4 Å². The van der Waals surface area contributed by atoms with Gasteiger partial charge in [0.05, 0.1) is 13.2 Å². The summed E-state index contributed by atoms with van der Waals surface area (Å²) in [6.45, 7) is 3.71. The minimum Gasteiger partial charge on any atom is -0.496 e. The minimum atomic E-state index is -0.194. The fourth-order valence-electron chi connectivity index (χ4n) is 2.14. The standard InChI is InChI=1S/C16H17ClN2O2/c1-10-8-12(9-15(17)18-10)16(20)19-11(2)13-6-4-5-7-14(13)21-3/h4-9,11H,1-3H3,(H,19,20). The van der Waals surface area contributed by atoms with Crippen LogP contribution in [-0.2, 0) is 0 Å². The molecule has 1 amide bonds. The number of aromatic nitrogens is 1. The van der Waals surface area contributed by atoms with E-state index < -0.39 is 0 Å². The van der Waals surface area contributed by atoms with Crippen LogP contribution in [0.4, 0.5) is 0 Å². The van der Waals surface area contributed by atoms with E-state index in [9.17, 15) is 4.79 Å². The second-order valence-electron chi connectivity index (χ2n) is 4.76. The number of carbonyl (C=O) groups excluding carboxylic acids is 1. The molecule has 1 aromatic heterocycles. The summed E-state index contributed by atoms with van der Waals surface area (Å²) in [4.78, 5) is 16.3. The average Bonchev–Trinajstić information content (AvgIpc) is 2.46. The van der Waals surface area contributed by atoms with Gasteiger partial charge in [0.25, 0.3) is 5.91 Å². The number of para-hydroxylation sites is 1. The third kappa shape index (κ3) is 3.73. The Morgan fingerprint density at radius 1 is 1.33 bits per heavy atom. The van der Waals surface area contributed by atoms with Crippen molar-refractivity contribution in [1.29, 1.82) is 0 Å². The average molecular weight is 305 g/mol. The largest absolute Gasteiger partial charge is 0.496 e. The Kier molecular flexibility index (Phi) is 4.81. The topological polar surface area (TPSA) is 51.2 Å². The van der Waals surface area contributed by atoms with E-state index >= 15 is 0 Å². The van der Waals surface area contributed by atoms with Crippen LogP contribution < -0.4 is 10.1 Å². The van der Waals surface area contributed by atoms with Gasteiger partial charge in [-0.05, 0) is 32.0 Å². The summed E-state index contributed by atoms with van der Waals surface area (Å²) in [5.41, 5.74) is 2.12. The number of carbonyl (C=O) groups is 1. The van der Waals surface area contributed by atoms with Gasteiger partial charge in [-0.25, -0.2) is 4.98 Å². The molecule has 1 N–H and O–H groups in total. The molecule has 2 aromatic rings. The fourth-order valence-corrected chi connectivity index (χ4v) is 2.39. The van der Waals surface area contributed by atoms with Crippen LogP contribution in [0.3, 0.4) is 0 Å². The summed E-state index contributed by atoms with van der Waals surface area (Å²) >= 11 is 5.88. The van der Waals surface area contributed by atoms with Crippen molar-refractivity contribution in [2.24, 2.45) is 0 Å². The first kappa shape index (κ1) is 15.3. The lowest BCUT2D eigenvalue weighted by Gasteiger charge is -2.17. The quantitative estimate of drug-likeness (QED) is 0.879. The van der Waals surface area contributed by atoms with E-state index in [4.69, 9.17) is 16.3 Å². The molecule has 0 saturated carbocycles. The summed E-state index contributed by atoms with van der Waals surface area (Å²) in [6.07, 6.45) is 0. The molecule has 0 spiro atoms. The van der Waals surface area contributed by atoms with Crippen molar-refractivity contribution in [3.63, 3.8) is 0 Å². The molecule has 1 aromatic carbocycles. The first-order valence-electron chi connectivity index (χ1n) is 6.59. The molecule has 1 heterocycles. The van der Waals surface area contributed by atoms with Crippen molar-refractivity contribution in [1.82, 2.24) is 10.3 Å². The highest BCUT2D eigenvalue weighted by molar-refractivity contribution is 6.29. The van der Waals surface area contributed by atoms with E-state index in [1.807, 2.05) is 31.2 Å². The maximum Gasteiger partial charge on any atom is 0.251 e. The zero-order valence-electron chi connectivity index (χ0n) is 12.2. The van der Waals surface area contributed by atoms with Gasteiger partial charge in [-0.15, -0.1) is 0 Å². The SMILES string of the molecule is COc1ccccc1C(C)NC(=O)c1cc(C)nc(Cl)c1. The van der Waals surface area contributed by atoms with Gasteiger partial charge in [-0.1, -0.05) is 29.8 Å². The van der Waals surface area contributed by atoms with Crippen LogP contribution in [-0.4, -0.2) is 18.0 Å². The zero-order chi connectivity index (χ0) is 15.4. The van der Waals surface area contributed by atoms with E-state index in [-0.39, 0.29) is 11.9 Å². The molecule has 110 valence electrons. The molecule has 21 heavy (non-hydrogen) atoms. The fraction of sp³-hybridized carbons (Fsp3) is 0.250. The Bertz CT molecular complexity index is 638. The number of benzene rings is 1. The molecular formula is C16H17ClN2O2. The van der Waals surface area contributed by atoms with E-state index in [0.717, 1.165) is 11.3 Å². The highest BCUT2D eigenvalue weighted by Gasteiger charge is 2.15. The van der Waals surface area contributed by atoms with Crippen molar-refractivity contribution in [3.8, 4) is 5.75 Å². The number of methoxy groups -OCH3 is 1. The molecule has 2 rings (SSSR count). The smallest absolute Gasteiger partial charge is 0.251 e. The molecule has 5 heteroatoms. The summed E-state index contributed by atoms with van der Waals surface area (Å²) in [7, 11) is 1.61. The van der Waals surface area contributed by atoms with Crippen LogP contribution in [0.25, 0.3) is 0 Å². The maximum absolute atomic E-state index is 12.3. The Morgan fingerprint density at radius 3 is 2.71 bits per heavy atom. The first-order chi connectivity index (χ1) is 10.0. The number of halogens is 1. The molecule has 0 aliphatic rings. The third-order valence-corrected chi connectivity index (χ3v) is 3.33. The van der Waals surface area contributed by atoms with Crippen LogP contribution in [0.1, 0.15) is 34.6 Å². The second-order valence-corrected chi connectivity index (χ2v) is 5.14. The number of aryl methyl sites for hydroxylation is 1. The molecule has 1 atom stereocenters. The Labute approximate surface area is 129 Å². The number of pyridine rings is 1. The predicted octanol–water partition coefficient (Wildman–Crippen LogP) is 3.54. The van der Waals surface area contributed by atoms with Crippen molar-refractivity contribution < 1.29 is 9.53 Å². The lowest BCUT2D eigenvalue weighted by atomic mass is 10.1. The van der Waals surface area contributed by atoms with E-state index in [2.05, 4.69) is 10.3 Å². The van der Waals surface area contributed by atoms with Gasteiger partial charge in [0.15, 0.2) is 0 Å². The van der Waals surface area contributed by atoms with Crippen LogP contribution in [0.5, 0.6) is 5.75 Å². The van der Waals surface area contributed by atoms with Crippen molar-refractivity contribution in [2.75, 3.05) is 7.11 Å². The number of nitrogens with one attached hydrogen (secondary N) is 1. The molecule has 4 nitrogen and oxygen atoms in total. The maximum atomic E-state index is 12.3. The summed E-state index contributed by atoms with van der Waals surface area (Å²) in [5.74, 6) is 0.551. The number of amides is 1. The Hall–Kier alpha value is -2.07. The number of hydrogen-bond acceptors (Lipinski definition) is 3. The van der Waals surface area contributed by atoms with E-state index in [1.165, 1.54) is 0 Å². The van der Waals surface area contributed by atoms with Gasteiger partial charge in [-0.3, -0.25) is 4.79 Å². The van der Waals surface area contributed by atoms with E-state index in [1.54, 1.807) is 26.2 Å². The lowest BCUT2D eigenvalue weighted by Crippen LogP contribution is -2.27. The molecule has 0 fully saturated rings. The summed E-state index contributed by atoms with van der Waals surface area (Å²) < 4.78 is 5.31. The van der Waals surface area contributed by atoms with Crippen LogP contribution in [0.15, 0.2) is 36.4 Å². The molecule has 1 unspecified atom stereocenters. The monoisotopic (exact) mass is 304 g/mol. The number of ether oxygens (including phenoxy) is 1. The third-order valence-electron chi connectivity index (χ3n) is 3.14. The van der Waals surface area contributed by atoms with Gasteiger partial charge < -0.3 is 10.1 Å². The molecular weight excluding hydrogens is 288 g/mol. The second kappa shape index (κ2) is 6.59. The Morgan fingerprint density at radius 2 is 2.05 bits per heavy atom. The number of nitrogens with zero attached hydrogens (tertiary/aromatic N) is 1. The summed E-state index contributed by atoms with van der Waals surface area (Å²) in [6, 6.07) is 10.7. The van der Waals surface area contributed by atoms with Gasteiger partial charge in [0, 0.05) is 16.8 Å². The highest BCUT2D eigenvalue weighted by atomic mass is 35.5. The first-order valence-corrected chi connectivity index (χ1v) is 6.97. The predicted molar refractivity (Wildman–Crippen MR) is 82.9 cm³/mol. The van der Waals surface area contributed by atoms with Gasteiger partial charge in [0.2, 0.25) is 0 Å². The number of hydrogen-bond donors (Lipinski definition) is 1. The molecule has 0 radical (unpaired) electrons. The molecule has 0 aliphatic heterocycles. The molecule has 0 bridgehead atoms. The van der Waals surface area contributed by atoms with Gasteiger partial charge in [-0.2, -0.15) is 0 Å². The van der Waals surface area contributed by atoms with Gasteiger partial charge >= 0.3 is 0 Å². The van der Waals surface area contributed by atoms with E-state index in [0.29, 0.717) is 16.4 Å². The normalized spacial score (nSPS) is 11.8. The zero-order valence-corrected chi connectivity index (χ0v) is 12.9.